The average Bonchev–Trinajstić information content (AvgIpc) is 2.40. The van der Waals surface area contributed by atoms with Gasteiger partial charge in [-0.05, 0) is 83.8 Å². The molecule has 0 aliphatic rings. The van der Waals surface area contributed by atoms with Gasteiger partial charge in [-0.3, -0.25) is 0 Å². The predicted octanol–water partition coefficient (Wildman–Crippen LogP) is 14.9. The minimum Gasteiger partial charge on any atom is -0.102 e. The quantitative estimate of drug-likeness (QED) is 0.182. The molecule has 26 heavy (non-hydrogen) atoms. The largest absolute Gasteiger partial charge is 0.102 e. The van der Waals surface area contributed by atoms with Crippen LogP contribution in [-0.4, -0.2) is 0 Å². The van der Waals surface area contributed by atoms with Crippen LogP contribution >= 0.6 is 209 Å². The van der Waals surface area contributed by atoms with Crippen LogP contribution in [0, 0.1) is 0 Å². The molecule has 0 aliphatic carbocycles. The highest BCUT2D eigenvalue weighted by molar-refractivity contribution is 9.41. The standard InChI is InChI=1S/H28P26/c1-15(2)22(16(3)4)25(21(13)14)26(23(17(5)6)18(7)8)24(19(9)10)20(11)12/h1-14H2. The van der Waals surface area contributed by atoms with E-state index in [1.54, 1.807) is 0 Å². The molecule has 0 fully saturated rings. The lowest BCUT2D eigenvalue weighted by Crippen LogP contribution is -1.61. The van der Waals surface area contributed by atoms with Crippen molar-refractivity contribution in [1.29, 1.82) is 0 Å². The third-order valence-electron chi connectivity index (χ3n) is 2.09. The Balaban J connectivity index is 6.53. The third kappa shape index (κ3) is 13.5. The van der Waals surface area contributed by atoms with Crippen molar-refractivity contribution in [2.24, 2.45) is 0 Å². The fourth-order valence-corrected chi connectivity index (χ4v) is 336. The Hall–Kier alpha value is 11.2. The van der Waals surface area contributed by atoms with Crippen LogP contribution in [0.4, 0.5) is 0 Å². The van der Waals surface area contributed by atoms with E-state index in [9.17, 15) is 0 Å². The average molecular weight is 834 g/mol. The van der Waals surface area contributed by atoms with Crippen LogP contribution in [0.25, 0.3) is 0 Å². The molecule has 0 aromatic heterocycles. The summed E-state index contributed by atoms with van der Waals surface area (Å²) < 4.78 is 0. The maximum Gasteiger partial charge on any atom is -0.000424 e. The second-order valence-electron chi connectivity index (χ2n) is 4.00. The van der Waals surface area contributed by atoms with Crippen LogP contribution in [0.15, 0.2) is 0 Å². The van der Waals surface area contributed by atoms with Gasteiger partial charge in [0, 0.05) is 0 Å². The Morgan fingerprint density at radius 2 is 0.346 bits per heavy atom. The van der Waals surface area contributed by atoms with Crippen molar-refractivity contribution in [2.75, 3.05) is 0 Å². The fraction of sp³-hybridized carbons (Fsp3) is 0. The van der Waals surface area contributed by atoms with Crippen molar-refractivity contribution >= 4 is 209 Å². The molecule has 0 aromatic carbocycles. The van der Waals surface area contributed by atoms with Gasteiger partial charge < -0.3 is 0 Å². The molecule has 15 unspecified atom stereocenters. The van der Waals surface area contributed by atoms with Crippen molar-refractivity contribution in [3.8, 4) is 0 Å². The normalized spacial score (nSPS) is 15.1. The van der Waals surface area contributed by atoms with Crippen molar-refractivity contribution in [1.82, 2.24) is 0 Å². The summed E-state index contributed by atoms with van der Waals surface area (Å²) in [6, 6.07) is 0. The second-order valence-corrected chi connectivity index (χ2v) is 108. The van der Waals surface area contributed by atoms with E-state index in [4.69, 9.17) is 0 Å². The van der Waals surface area contributed by atoms with E-state index in [1.165, 1.54) is 0 Å². The fourth-order valence-electron chi connectivity index (χ4n) is 1.38. The first-order valence-electron chi connectivity index (χ1n) is 5.81. The maximum absolute atomic E-state index is 3.29. The zero-order chi connectivity index (χ0) is 20.9. The zero-order valence-corrected chi connectivity index (χ0v) is 40.3. The molecule has 158 valence electrons. The van der Waals surface area contributed by atoms with E-state index in [0.29, 0.717) is 0 Å². The van der Waals surface area contributed by atoms with Crippen LogP contribution in [0.1, 0.15) is 0 Å². The summed E-state index contributed by atoms with van der Waals surface area (Å²) in [5.41, 5.74) is 0. The highest BCUT2D eigenvalue weighted by atomic mass is 33.5. The lowest BCUT2D eigenvalue weighted by Gasteiger charge is -2.50. The van der Waals surface area contributed by atoms with Gasteiger partial charge in [0.25, 0.3) is 0 Å². The van der Waals surface area contributed by atoms with Gasteiger partial charge in [0.05, 0.1) is 0 Å². The Bertz CT molecular complexity index is 314. The highest BCUT2D eigenvalue weighted by Gasteiger charge is 2.47. The van der Waals surface area contributed by atoms with Crippen molar-refractivity contribution < 1.29 is 0 Å². The molecule has 0 amide bonds. The molecule has 0 radical (unpaired) electrons. The molecule has 15 atom stereocenters. The third-order valence-corrected chi connectivity index (χ3v) is 169. The second kappa shape index (κ2) is 20.1. The van der Waals surface area contributed by atoms with Gasteiger partial charge in [-0.25, -0.2) is 0 Å². The van der Waals surface area contributed by atoms with Crippen LogP contribution in [0.2, 0.25) is 0 Å². The van der Waals surface area contributed by atoms with Gasteiger partial charge in [-0.2, -0.15) is 0 Å². The van der Waals surface area contributed by atoms with Gasteiger partial charge in [-0.15, -0.1) is 125 Å². The minimum absolute atomic E-state index is 0.0193. The van der Waals surface area contributed by atoms with Crippen LogP contribution in [-0.2, 0) is 0 Å². The molecule has 0 bridgehead atoms. The summed E-state index contributed by atoms with van der Waals surface area (Å²) in [7, 11) is 45.3. The summed E-state index contributed by atoms with van der Waals surface area (Å²) in [5, 5.41) is 0. The van der Waals surface area contributed by atoms with Crippen LogP contribution in [0.5, 0.6) is 0 Å². The smallest absolute Gasteiger partial charge is 0.000424 e. The van der Waals surface area contributed by atoms with Crippen LogP contribution < -0.4 is 0 Å². The van der Waals surface area contributed by atoms with E-state index in [0.717, 1.165) is 0 Å². The van der Waals surface area contributed by atoms with E-state index < -0.39 is 0 Å². The predicted molar refractivity (Wildman–Crippen MR) is 219 cm³/mol. The molecule has 0 saturated heterocycles. The molecular weight excluding hydrogens is 805 g/mol. The molecular formula is H28P26. The Labute approximate surface area is 206 Å². The van der Waals surface area contributed by atoms with Crippen LogP contribution in [0.3, 0.4) is 0 Å². The Kier molecular flexibility index (Phi) is 28.8. The van der Waals surface area contributed by atoms with Gasteiger partial charge in [-0.1, -0.05) is 0 Å². The van der Waals surface area contributed by atoms with E-state index >= 15 is 0 Å². The SMILES string of the molecule is PP(P)P(P(P)P)P(P(P)P)P(P(P(P)P)P(P)P)P(P(P)P)P(P)P. The summed E-state index contributed by atoms with van der Waals surface area (Å²) in [5.74, 6) is 0. The molecule has 0 aliphatic heterocycles. The summed E-state index contributed by atoms with van der Waals surface area (Å²) in [4.78, 5) is 0. The minimum atomic E-state index is -0.0369. The molecule has 0 heterocycles. The molecule has 0 saturated carbocycles. The molecule has 0 rings (SSSR count). The molecule has 0 spiro atoms. The van der Waals surface area contributed by atoms with Crippen molar-refractivity contribution in [3.05, 3.63) is 0 Å². The van der Waals surface area contributed by atoms with Gasteiger partial charge in [0.1, 0.15) is 0 Å². The van der Waals surface area contributed by atoms with Gasteiger partial charge >= 0.3 is 0 Å². The first-order chi connectivity index (χ1) is 11.7. The van der Waals surface area contributed by atoms with Gasteiger partial charge in [0.15, 0.2) is 0 Å². The van der Waals surface area contributed by atoms with Crippen molar-refractivity contribution in [2.45, 2.75) is 0 Å². The lowest BCUT2D eigenvalue weighted by molar-refractivity contribution is 4.44. The zero-order valence-electron chi connectivity index (χ0n) is 13.4. The number of rotatable bonds is 11. The molecule has 0 N–H and O–H groups in total. The highest BCUT2D eigenvalue weighted by Crippen LogP contribution is 3.35. The maximum atomic E-state index is 3.29. The first-order valence-corrected chi connectivity index (χ1v) is 52.3. The number of hydrogen-bond donors (Lipinski definition) is 0. The summed E-state index contributed by atoms with van der Waals surface area (Å²) in [6.45, 7) is 0.206. The number of hydrogen-bond acceptors (Lipinski definition) is 0. The first kappa shape index (κ1) is 37.2. The molecule has 0 aromatic rings. The summed E-state index contributed by atoms with van der Waals surface area (Å²) >= 11 is 0. The molecule has 26 heteroatoms. The Morgan fingerprint density at radius 3 is 0.500 bits per heavy atom. The summed E-state index contributed by atoms with van der Waals surface area (Å²) in [6.07, 6.45) is 0. The Morgan fingerprint density at radius 1 is 0.192 bits per heavy atom. The monoisotopic (exact) mass is 834 g/mol. The van der Waals surface area contributed by atoms with E-state index in [2.05, 4.69) is 125 Å². The van der Waals surface area contributed by atoms with E-state index in [-0.39, 0.29) is 83.8 Å². The van der Waals surface area contributed by atoms with E-state index in [1.807, 2.05) is 0 Å². The van der Waals surface area contributed by atoms with Gasteiger partial charge in [0.2, 0.25) is 0 Å². The topological polar surface area (TPSA) is 0 Å². The van der Waals surface area contributed by atoms with Crippen molar-refractivity contribution in [3.63, 3.8) is 0 Å². The molecule has 0 nitrogen and oxygen atoms in total. The lowest BCUT2D eigenvalue weighted by atomic mass is 28.5.